The van der Waals surface area contributed by atoms with E-state index in [-0.39, 0.29) is 17.2 Å². The molecule has 19 heavy (non-hydrogen) atoms. The molecule has 2 aliphatic rings. The number of hydrogen-bond acceptors (Lipinski definition) is 4. The Morgan fingerprint density at radius 3 is 2.16 bits per heavy atom. The molecule has 2 amide bonds. The number of nitrogens with two attached hydrogens (primary N) is 1. The minimum atomic E-state index is -0.248. The van der Waals surface area contributed by atoms with Crippen LogP contribution in [-0.4, -0.2) is 79.9 Å². The standard InChI is InChI=1S/C13H24N4O2/c1-15(2)11(18)9-16-5-7-17(8-6-16)12(19)13(10-14)3-4-13/h3-10,14H2,1-2H3. The number of hydrogen-bond donors (Lipinski definition) is 1. The summed E-state index contributed by atoms with van der Waals surface area (Å²) in [6.45, 7) is 3.86. The molecular weight excluding hydrogens is 244 g/mol. The Balaban J connectivity index is 1.79. The summed E-state index contributed by atoms with van der Waals surface area (Å²) in [6, 6.07) is 0. The van der Waals surface area contributed by atoms with E-state index in [0.29, 0.717) is 26.2 Å². The highest BCUT2D eigenvalue weighted by Gasteiger charge is 2.50. The summed E-state index contributed by atoms with van der Waals surface area (Å²) < 4.78 is 0. The Bertz CT molecular complexity index is 358. The lowest BCUT2D eigenvalue weighted by atomic mass is 10.1. The minimum Gasteiger partial charge on any atom is -0.348 e. The molecule has 1 aliphatic carbocycles. The number of likely N-dealkylation sites (N-methyl/N-ethyl adjacent to an activating group) is 1. The molecule has 1 saturated heterocycles. The second kappa shape index (κ2) is 5.46. The van der Waals surface area contributed by atoms with Gasteiger partial charge in [-0.1, -0.05) is 0 Å². The molecule has 0 bridgehead atoms. The molecule has 0 spiro atoms. The number of amides is 2. The van der Waals surface area contributed by atoms with E-state index >= 15 is 0 Å². The predicted molar refractivity (Wildman–Crippen MR) is 72.4 cm³/mol. The molecule has 108 valence electrons. The van der Waals surface area contributed by atoms with Gasteiger partial charge in [0.05, 0.1) is 12.0 Å². The van der Waals surface area contributed by atoms with Gasteiger partial charge in [0.1, 0.15) is 0 Å². The van der Waals surface area contributed by atoms with Gasteiger partial charge in [0.15, 0.2) is 0 Å². The lowest BCUT2D eigenvalue weighted by Gasteiger charge is -2.36. The summed E-state index contributed by atoms with van der Waals surface area (Å²) in [5, 5.41) is 0. The summed E-state index contributed by atoms with van der Waals surface area (Å²) in [5.74, 6) is 0.328. The summed E-state index contributed by atoms with van der Waals surface area (Å²) >= 11 is 0. The largest absolute Gasteiger partial charge is 0.348 e. The topological polar surface area (TPSA) is 69.9 Å². The van der Waals surface area contributed by atoms with Crippen molar-refractivity contribution < 1.29 is 9.59 Å². The zero-order valence-electron chi connectivity index (χ0n) is 11.9. The van der Waals surface area contributed by atoms with Crippen LogP contribution in [0.5, 0.6) is 0 Å². The highest BCUT2D eigenvalue weighted by Crippen LogP contribution is 2.46. The Morgan fingerprint density at radius 2 is 1.74 bits per heavy atom. The van der Waals surface area contributed by atoms with Crippen LogP contribution < -0.4 is 5.73 Å². The molecule has 0 atom stereocenters. The maximum atomic E-state index is 12.3. The van der Waals surface area contributed by atoms with Crippen LogP contribution in [0.15, 0.2) is 0 Å². The summed E-state index contributed by atoms with van der Waals surface area (Å²) in [4.78, 5) is 29.6. The van der Waals surface area contributed by atoms with Gasteiger partial charge in [0, 0.05) is 46.8 Å². The Labute approximate surface area is 114 Å². The van der Waals surface area contributed by atoms with Crippen molar-refractivity contribution >= 4 is 11.8 Å². The quantitative estimate of drug-likeness (QED) is 0.707. The van der Waals surface area contributed by atoms with Crippen molar-refractivity contribution in [2.24, 2.45) is 11.1 Å². The smallest absolute Gasteiger partial charge is 0.236 e. The lowest BCUT2D eigenvalue weighted by Crippen LogP contribution is -2.53. The van der Waals surface area contributed by atoms with Crippen LogP contribution >= 0.6 is 0 Å². The fourth-order valence-electron chi connectivity index (χ4n) is 2.43. The molecule has 0 aromatic rings. The molecule has 2 rings (SSSR count). The first-order valence-electron chi connectivity index (χ1n) is 6.90. The normalized spacial score (nSPS) is 22.2. The number of carbonyl (C=O) groups is 2. The van der Waals surface area contributed by atoms with Gasteiger partial charge in [-0.3, -0.25) is 14.5 Å². The molecule has 0 radical (unpaired) electrons. The molecule has 2 N–H and O–H groups in total. The molecule has 2 fully saturated rings. The molecular formula is C13H24N4O2. The van der Waals surface area contributed by atoms with Gasteiger partial charge in [0.25, 0.3) is 0 Å². The number of piperazine rings is 1. The van der Waals surface area contributed by atoms with Crippen molar-refractivity contribution in [1.29, 1.82) is 0 Å². The molecule has 0 aromatic heterocycles. The zero-order chi connectivity index (χ0) is 14.0. The van der Waals surface area contributed by atoms with Gasteiger partial charge in [-0.05, 0) is 12.8 Å². The lowest BCUT2D eigenvalue weighted by molar-refractivity contribution is -0.139. The van der Waals surface area contributed by atoms with E-state index in [0.717, 1.165) is 25.9 Å². The van der Waals surface area contributed by atoms with Crippen molar-refractivity contribution in [3.05, 3.63) is 0 Å². The van der Waals surface area contributed by atoms with Crippen LogP contribution in [0, 0.1) is 5.41 Å². The first-order chi connectivity index (χ1) is 8.98. The van der Waals surface area contributed by atoms with Crippen molar-refractivity contribution in [3.63, 3.8) is 0 Å². The maximum absolute atomic E-state index is 12.3. The molecule has 0 unspecified atom stereocenters. The summed E-state index contributed by atoms with van der Waals surface area (Å²) in [5.41, 5.74) is 5.45. The first-order valence-corrected chi connectivity index (χ1v) is 6.90. The van der Waals surface area contributed by atoms with Crippen molar-refractivity contribution in [1.82, 2.24) is 14.7 Å². The predicted octanol–water partition coefficient (Wildman–Crippen LogP) is -1.04. The molecule has 6 nitrogen and oxygen atoms in total. The third kappa shape index (κ3) is 3.06. The second-order valence-electron chi connectivity index (χ2n) is 5.84. The van der Waals surface area contributed by atoms with Crippen LogP contribution in [0.4, 0.5) is 0 Å². The highest BCUT2D eigenvalue weighted by molar-refractivity contribution is 5.85. The number of nitrogens with zero attached hydrogens (tertiary/aromatic N) is 3. The van der Waals surface area contributed by atoms with Crippen LogP contribution in [0.1, 0.15) is 12.8 Å². The number of carbonyl (C=O) groups excluding carboxylic acids is 2. The Morgan fingerprint density at radius 1 is 1.16 bits per heavy atom. The maximum Gasteiger partial charge on any atom is 0.236 e. The average molecular weight is 268 g/mol. The van der Waals surface area contributed by atoms with E-state index in [1.54, 1.807) is 19.0 Å². The summed E-state index contributed by atoms with van der Waals surface area (Å²) in [6.07, 6.45) is 1.86. The molecule has 0 aromatic carbocycles. The summed E-state index contributed by atoms with van der Waals surface area (Å²) in [7, 11) is 3.53. The van der Waals surface area contributed by atoms with Gasteiger partial charge >= 0.3 is 0 Å². The van der Waals surface area contributed by atoms with Crippen LogP contribution in [0.3, 0.4) is 0 Å². The molecule has 1 heterocycles. The molecule has 1 aliphatic heterocycles. The SMILES string of the molecule is CN(C)C(=O)CN1CCN(C(=O)C2(CN)CC2)CC1. The fourth-order valence-corrected chi connectivity index (χ4v) is 2.43. The van der Waals surface area contributed by atoms with Gasteiger partial charge in [-0.15, -0.1) is 0 Å². The van der Waals surface area contributed by atoms with E-state index < -0.39 is 0 Å². The van der Waals surface area contributed by atoms with Crippen molar-refractivity contribution in [2.45, 2.75) is 12.8 Å². The van der Waals surface area contributed by atoms with E-state index in [1.165, 1.54) is 0 Å². The third-order valence-electron chi connectivity index (χ3n) is 4.22. The van der Waals surface area contributed by atoms with E-state index in [2.05, 4.69) is 4.90 Å². The fraction of sp³-hybridized carbons (Fsp3) is 0.846. The average Bonchev–Trinajstić information content (AvgIpc) is 3.19. The van der Waals surface area contributed by atoms with Crippen molar-refractivity contribution in [3.8, 4) is 0 Å². The second-order valence-corrected chi connectivity index (χ2v) is 5.84. The number of rotatable bonds is 4. The molecule has 6 heteroatoms. The van der Waals surface area contributed by atoms with Gasteiger partial charge in [-0.25, -0.2) is 0 Å². The van der Waals surface area contributed by atoms with Crippen LogP contribution in [-0.2, 0) is 9.59 Å². The van der Waals surface area contributed by atoms with Crippen molar-refractivity contribution in [2.75, 3.05) is 53.4 Å². The molecule has 1 saturated carbocycles. The Kier molecular flexibility index (Phi) is 4.10. The monoisotopic (exact) mass is 268 g/mol. The highest BCUT2D eigenvalue weighted by atomic mass is 16.2. The van der Waals surface area contributed by atoms with E-state index in [4.69, 9.17) is 5.73 Å². The van der Waals surface area contributed by atoms with E-state index in [9.17, 15) is 9.59 Å². The van der Waals surface area contributed by atoms with Gasteiger partial charge in [0.2, 0.25) is 11.8 Å². The van der Waals surface area contributed by atoms with Gasteiger partial charge in [-0.2, -0.15) is 0 Å². The van der Waals surface area contributed by atoms with Gasteiger partial charge < -0.3 is 15.5 Å². The first kappa shape index (κ1) is 14.3. The minimum absolute atomic E-state index is 0.111. The van der Waals surface area contributed by atoms with Crippen LogP contribution in [0.25, 0.3) is 0 Å². The van der Waals surface area contributed by atoms with E-state index in [1.807, 2.05) is 4.90 Å². The zero-order valence-corrected chi connectivity index (χ0v) is 11.9. The Hall–Kier alpha value is -1.14. The third-order valence-corrected chi connectivity index (χ3v) is 4.22. The van der Waals surface area contributed by atoms with Crippen LogP contribution in [0.2, 0.25) is 0 Å².